The van der Waals surface area contributed by atoms with Gasteiger partial charge in [-0.2, -0.15) is 0 Å². The fourth-order valence-electron chi connectivity index (χ4n) is 1.18. The van der Waals surface area contributed by atoms with Gasteiger partial charge in [-0.25, -0.2) is 0 Å². The van der Waals surface area contributed by atoms with Crippen molar-refractivity contribution in [1.29, 1.82) is 0 Å². The zero-order valence-corrected chi connectivity index (χ0v) is 11.2. The number of rotatable bonds is 3. The molecular weight excluding hydrogens is 272 g/mol. The highest BCUT2D eigenvalue weighted by molar-refractivity contribution is 9.10. The van der Waals surface area contributed by atoms with E-state index in [9.17, 15) is 10.1 Å². The van der Waals surface area contributed by atoms with Gasteiger partial charge in [-0.05, 0) is 48.3 Å². The maximum atomic E-state index is 10.7. The minimum atomic E-state index is -0.384. The highest BCUT2D eigenvalue weighted by Gasteiger charge is 2.13. The molecule has 0 saturated heterocycles. The van der Waals surface area contributed by atoms with Crippen molar-refractivity contribution in [3.63, 3.8) is 0 Å². The number of nitrogens with zero attached hydrogens (tertiary/aromatic N) is 1. The summed E-state index contributed by atoms with van der Waals surface area (Å²) in [5.74, 6) is 0. The molecule has 0 atom stereocenters. The summed E-state index contributed by atoms with van der Waals surface area (Å²) in [6, 6.07) is 5.16. The van der Waals surface area contributed by atoms with E-state index in [0.29, 0.717) is 11.0 Å². The van der Waals surface area contributed by atoms with Gasteiger partial charge >= 0.3 is 0 Å². The minimum absolute atomic E-state index is 0.00184. The van der Waals surface area contributed by atoms with E-state index in [2.05, 4.69) is 42.0 Å². The van der Waals surface area contributed by atoms with E-state index in [4.69, 9.17) is 0 Å². The largest absolute Gasteiger partial charge is 0.308 e. The molecule has 16 heavy (non-hydrogen) atoms. The lowest BCUT2D eigenvalue weighted by molar-refractivity contribution is -0.385. The molecule has 0 fully saturated rings. The van der Waals surface area contributed by atoms with Gasteiger partial charge in [-0.15, -0.1) is 0 Å². The third-order valence-electron chi connectivity index (χ3n) is 2.03. The van der Waals surface area contributed by atoms with Crippen molar-refractivity contribution in [2.24, 2.45) is 0 Å². The van der Waals surface area contributed by atoms with Crippen LogP contribution in [0.1, 0.15) is 26.3 Å². The molecule has 0 heterocycles. The third-order valence-corrected chi connectivity index (χ3v) is 2.70. The van der Waals surface area contributed by atoms with Crippen molar-refractivity contribution in [1.82, 2.24) is 5.32 Å². The lowest BCUT2D eigenvalue weighted by Crippen LogP contribution is -2.35. The maximum absolute atomic E-state index is 10.7. The van der Waals surface area contributed by atoms with Crippen molar-refractivity contribution < 1.29 is 4.92 Å². The molecule has 1 N–H and O–H groups in total. The van der Waals surface area contributed by atoms with E-state index in [0.717, 1.165) is 5.56 Å². The van der Waals surface area contributed by atoms with Crippen LogP contribution in [-0.2, 0) is 6.54 Å². The maximum Gasteiger partial charge on any atom is 0.283 e. The molecule has 4 nitrogen and oxygen atoms in total. The Morgan fingerprint density at radius 2 is 2.06 bits per heavy atom. The van der Waals surface area contributed by atoms with Gasteiger partial charge in [0.25, 0.3) is 5.69 Å². The van der Waals surface area contributed by atoms with Gasteiger partial charge in [-0.1, -0.05) is 6.07 Å². The van der Waals surface area contributed by atoms with E-state index in [1.54, 1.807) is 12.1 Å². The van der Waals surface area contributed by atoms with Crippen LogP contribution in [0.4, 0.5) is 5.69 Å². The Morgan fingerprint density at radius 1 is 1.44 bits per heavy atom. The Hall–Kier alpha value is -0.940. The van der Waals surface area contributed by atoms with E-state index >= 15 is 0 Å². The first kappa shape index (κ1) is 13.1. The van der Waals surface area contributed by atoms with Gasteiger partial charge in [0, 0.05) is 18.2 Å². The lowest BCUT2D eigenvalue weighted by Gasteiger charge is -2.20. The topological polar surface area (TPSA) is 55.2 Å². The molecule has 0 aromatic heterocycles. The molecule has 0 bridgehead atoms. The number of nitro groups is 1. The molecule has 1 aromatic carbocycles. The molecule has 0 amide bonds. The fraction of sp³-hybridized carbons (Fsp3) is 0.455. The summed E-state index contributed by atoms with van der Waals surface area (Å²) >= 11 is 3.16. The van der Waals surface area contributed by atoms with Crippen LogP contribution in [0.5, 0.6) is 0 Å². The molecule has 0 spiro atoms. The first-order valence-corrected chi connectivity index (χ1v) is 5.77. The summed E-state index contributed by atoms with van der Waals surface area (Å²) in [5, 5.41) is 14.0. The van der Waals surface area contributed by atoms with Gasteiger partial charge in [0.15, 0.2) is 0 Å². The summed E-state index contributed by atoms with van der Waals surface area (Å²) < 4.78 is 0.511. The first-order valence-electron chi connectivity index (χ1n) is 4.97. The van der Waals surface area contributed by atoms with Crippen LogP contribution in [0, 0.1) is 10.1 Å². The zero-order valence-electron chi connectivity index (χ0n) is 9.58. The van der Waals surface area contributed by atoms with Crippen LogP contribution in [0.25, 0.3) is 0 Å². The highest BCUT2D eigenvalue weighted by Crippen LogP contribution is 2.25. The molecular formula is C11H15BrN2O2. The quantitative estimate of drug-likeness (QED) is 0.686. The van der Waals surface area contributed by atoms with Crippen molar-refractivity contribution >= 4 is 21.6 Å². The summed E-state index contributed by atoms with van der Waals surface area (Å²) in [6.07, 6.45) is 0. The average molecular weight is 287 g/mol. The number of nitrogens with one attached hydrogen (secondary N) is 1. The minimum Gasteiger partial charge on any atom is -0.308 e. The van der Waals surface area contributed by atoms with Gasteiger partial charge < -0.3 is 5.32 Å². The number of halogens is 1. The number of benzene rings is 1. The van der Waals surface area contributed by atoms with Gasteiger partial charge in [0.1, 0.15) is 0 Å². The van der Waals surface area contributed by atoms with E-state index in [1.807, 2.05) is 6.07 Å². The molecule has 0 aliphatic rings. The van der Waals surface area contributed by atoms with Crippen molar-refractivity contribution in [2.75, 3.05) is 0 Å². The van der Waals surface area contributed by atoms with Crippen LogP contribution in [0.15, 0.2) is 22.7 Å². The fourth-order valence-corrected chi connectivity index (χ4v) is 1.57. The molecule has 0 aliphatic carbocycles. The van der Waals surface area contributed by atoms with Crippen LogP contribution in [-0.4, -0.2) is 10.5 Å². The normalized spacial score (nSPS) is 11.5. The molecule has 0 aliphatic heterocycles. The first-order chi connectivity index (χ1) is 7.29. The van der Waals surface area contributed by atoms with E-state index in [-0.39, 0.29) is 16.1 Å². The number of hydrogen-bond acceptors (Lipinski definition) is 3. The summed E-state index contributed by atoms with van der Waals surface area (Å²) in [5.41, 5.74) is 1.01. The molecule has 5 heteroatoms. The van der Waals surface area contributed by atoms with Crippen LogP contribution in [0.3, 0.4) is 0 Å². The predicted molar refractivity (Wildman–Crippen MR) is 67.4 cm³/mol. The van der Waals surface area contributed by atoms with Crippen LogP contribution < -0.4 is 5.32 Å². The monoisotopic (exact) mass is 286 g/mol. The Balaban J connectivity index is 2.83. The zero-order chi connectivity index (χ0) is 12.3. The number of hydrogen-bond donors (Lipinski definition) is 1. The Labute approximate surface area is 103 Å². The third kappa shape index (κ3) is 3.90. The number of nitro benzene ring substituents is 1. The molecule has 1 rings (SSSR count). The van der Waals surface area contributed by atoms with E-state index in [1.165, 1.54) is 0 Å². The van der Waals surface area contributed by atoms with Gasteiger partial charge in [-0.3, -0.25) is 10.1 Å². The summed E-state index contributed by atoms with van der Waals surface area (Å²) in [4.78, 5) is 10.3. The Bertz CT molecular complexity index is 399. The van der Waals surface area contributed by atoms with Crippen LogP contribution >= 0.6 is 15.9 Å². The molecule has 88 valence electrons. The second kappa shape index (κ2) is 4.93. The second-order valence-corrected chi connectivity index (χ2v) is 5.50. The smallest absolute Gasteiger partial charge is 0.283 e. The summed E-state index contributed by atoms with van der Waals surface area (Å²) in [6.45, 7) is 6.79. The van der Waals surface area contributed by atoms with Gasteiger partial charge in [0.05, 0.1) is 9.40 Å². The molecule has 0 radical (unpaired) electrons. The second-order valence-electron chi connectivity index (χ2n) is 4.65. The summed E-state index contributed by atoms with van der Waals surface area (Å²) in [7, 11) is 0. The van der Waals surface area contributed by atoms with Crippen molar-refractivity contribution in [3.05, 3.63) is 38.3 Å². The molecule has 0 saturated carbocycles. The molecule has 0 unspecified atom stereocenters. The van der Waals surface area contributed by atoms with E-state index < -0.39 is 0 Å². The van der Waals surface area contributed by atoms with Crippen LogP contribution in [0.2, 0.25) is 0 Å². The Morgan fingerprint density at radius 3 is 2.56 bits per heavy atom. The molecule has 1 aromatic rings. The predicted octanol–water partition coefficient (Wildman–Crippen LogP) is 3.25. The van der Waals surface area contributed by atoms with Crippen molar-refractivity contribution in [3.8, 4) is 0 Å². The average Bonchev–Trinajstić information content (AvgIpc) is 2.14. The Kier molecular flexibility index (Phi) is 4.04. The SMILES string of the molecule is CC(C)(C)NCc1ccc(Br)c([N+](=O)[O-])c1. The lowest BCUT2D eigenvalue weighted by atomic mass is 10.1. The highest BCUT2D eigenvalue weighted by atomic mass is 79.9. The standard InChI is InChI=1S/C11H15BrN2O2/c1-11(2,3)13-7-8-4-5-9(12)10(6-8)14(15)16/h4-6,13H,7H2,1-3H3. The van der Waals surface area contributed by atoms with Crippen molar-refractivity contribution in [2.45, 2.75) is 32.9 Å². The van der Waals surface area contributed by atoms with Gasteiger partial charge in [0.2, 0.25) is 0 Å².